The molecule has 2 nitrogen and oxygen atoms in total. The molecule has 0 bridgehead atoms. The van der Waals surface area contributed by atoms with E-state index in [0.29, 0.717) is 11.1 Å². The molecule has 0 aliphatic rings. The van der Waals surface area contributed by atoms with Crippen molar-refractivity contribution in [3.63, 3.8) is 0 Å². The molecule has 0 spiro atoms. The van der Waals surface area contributed by atoms with Crippen molar-refractivity contribution in [3.8, 4) is 11.3 Å². The van der Waals surface area contributed by atoms with Crippen LogP contribution in [-0.4, -0.2) is 9.97 Å². The number of aromatic nitrogens is 2. The van der Waals surface area contributed by atoms with E-state index >= 15 is 0 Å². The molecular weight excluding hydrogens is 246 g/mol. The van der Waals surface area contributed by atoms with Crippen molar-refractivity contribution in [1.82, 2.24) is 9.97 Å². The number of halogens is 3. The fourth-order valence-electron chi connectivity index (χ4n) is 1.55. The Morgan fingerprint density at radius 3 is 2.53 bits per heavy atom. The highest BCUT2D eigenvalue weighted by Gasteiger charge is 2.17. The Hall–Kier alpha value is -1.55. The molecule has 2 aromatic rings. The third-order valence-corrected chi connectivity index (χ3v) is 2.65. The van der Waals surface area contributed by atoms with Gasteiger partial charge >= 0.3 is 0 Å². The van der Waals surface area contributed by atoms with Gasteiger partial charge in [-0.2, -0.15) is 0 Å². The number of benzene rings is 1. The molecule has 0 saturated heterocycles. The number of aryl methyl sites for hydroxylation is 2. The second kappa shape index (κ2) is 4.37. The Labute approximate surface area is 102 Å². The molecule has 0 N–H and O–H groups in total. The van der Waals surface area contributed by atoms with Crippen molar-refractivity contribution in [2.24, 2.45) is 0 Å². The van der Waals surface area contributed by atoms with Crippen LogP contribution in [0, 0.1) is 25.5 Å². The van der Waals surface area contributed by atoms with Crippen molar-refractivity contribution in [2.75, 3.05) is 0 Å². The van der Waals surface area contributed by atoms with Crippen LogP contribution < -0.4 is 0 Å². The average molecular weight is 255 g/mol. The van der Waals surface area contributed by atoms with E-state index in [-0.39, 0.29) is 16.5 Å². The molecule has 0 aliphatic heterocycles. The summed E-state index contributed by atoms with van der Waals surface area (Å²) in [5.74, 6) is -1.28. The van der Waals surface area contributed by atoms with Gasteiger partial charge in [0.1, 0.15) is 11.6 Å². The summed E-state index contributed by atoms with van der Waals surface area (Å²) < 4.78 is 27.6. The summed E-state index contributed by atoms with van der Waals surface area (Å²) in [4.78, 5) is 7.64. The second-order valence-electron chi connectivity index (χ2n) is 3.72. The van der Waals surface area contributed by atoms with E-state index in [9.17, 15) is 8.78 Å². The number of nitrogens with zero attached hydrogens (tertiary/aromatic N) is 2. The highest BCUT2D eigenvalue weighted by atomic mass is 35.5. The number of rotatable bonds is 1. The Kier molecular flexibility index (Phi) is 3.07. The van der Waals surface area contributed by atoms with Crippen LogP contribution in [0.2, 0.25) is 5.28 Å². The lowest BCUT2D eigenvalue weighted by Gasteiger charge is -2.09. The van der Waals surface area contributed by atoms with Gasteiger partial charge < -0.3 is 0 Å². The van der Waals surface area contributed by atoms with Crippen LogP contribution in [0.1, 0.15) is 11.1 Å². The first kappa shape index (κ1) is 11.9. The van der Waals surface area contributed by atoms with Gasteiger partial charge in [-0.05, 0) is 42.6 Å². The van der Waals surface area contributed by atoms with E-state index in [0.717, 1.165) is 0 Å². The molecule has 0 saturated carbocycles. The van der Waals surface area contributed by atoms with Gasteiger partial charge in [-0.25, -0.2) is 18.7 Å². The molecule has 2 rings (SSSR count). The van der Waals surface area contributed by atoms with Gasteiger partial charge in [-0.3, -0.25) is 0 Å². The van der Waals surface area contributed by atoms with Crippen LogP contribution >= 0.6 is 11.6 Å². The van der Waals surface area contributed by atoms with Crippen LogP contribution in [0.3, 0.4) is 0 Å². The molecular formula is C12H9ClF2N2. The van der Waals surface area contributed by atoms with Crippen LogP contribution in [-0.2, 0) is 0 Å². The van der Waals surface area contributed by atoms with Gasteiger partial charge in [-0.1, -0.05) is 6.07 Å². The van der Waals surface area contributed by atoms with Crippen molar-refractivity contribution >= 4 is 11.6 Å². The lowest BCUT2D eigenvalue weighted by molar-refractivity contribution is 0.582. The topological polar surface area (TPSA) is 25.8 Å². The second-order valence-corrected chi connectivity index (χ2v) is 4.06. The third-order valence-electron chi connectivity index (χ3n) is 2.46. The van der Waals surface area contributed by atoms with Gasteiger partial charge in [0, 0.05) is 6.20 Å². The molecule has 0 fully saturated rings. The lowest BCUT2D eigenvalue weighted by atomic mass is 10.0. The normalized spacial score (nSPS) is 10.6. The van der Waals surface area contributed by atoms with Crippen LogP contribution in [0.4, 0.5) is 8.78 Å². The minimum absolute atomic E-state index is 0.0362. The van der Waals surface area contributed by atoms with E-state index in [1.807, 2.05) is 0 Å². The summed E-state index contributed by atoms with van der Waals surface area (Å²) in [7, 11) is 0. The Morgan fingerprint density at radius 2 is 1.82 bits per heavy atom. The van der Waals surface area contributed by atoms with Gasteiger partial charge in [0.05, 0.1) is 11.3 Å². The van der Waals surface area contributed by atoms with E-state index < -0.39 is 11.6 Å². The first-order valence-electron chi connectivity index (χ1n) is 4.95. The molecule has 0 radical (unpaired) electrons. The van der Waals surface area contributed by atoms with Crippen LogP contribution in [0.15, 0.2) is 18.3 Å². The SMILES string of the molecule is Cc1cnc(Cl)nc1-c1c(F)ccc(C)c1F. The lowest BCUT2D eigenvalue weighted by Crippen LogP contribution is -1.99. The summed E-state index contributed by atoms with van der Waals surface area (Å²) in [5.41, 5.74) is 0.948. The molecule has 1 aromatic heterocycles. The maximum Gasteiger partial charge on any atom is 0.222 e. The zero-order valence-electron chi connectivity index (χ0n) is 9.26. The van der Waals surface area contributed by atoms with Crippen molar-refractivity contribution in [3.05, 3.63) is 46.4 Å². The van der Waals surface area contributed by atoms with E-state index in [1.165, 1.54) is 18.3 Å². The van der Waals surface area contributed by atoms with Crippen LogP contribution in [0.25, 0.3) is 11.3 Å². The van der Waals surface area contributed by atoms with Crippen LogP contribution in [0.5, 0.6) is 0 Å². The van der Waals surface area contributed by atoms with E-state index in [1.54, 1.807) is 13.8 Å². The fourth-order valence-corrected chi connectivity index (χ4v) is 1.68. The molecule has 0 unspecified atom stereocenters. The Morgan fingerprint density at radius 1 is 1.12 bits per heavy atom. The summed E-state index contributed by atoms with van der Waals surface area (Å²) in [5, 5.41) is -0.0362. The Balaban J connectivity index is 2.76. The summed E-state index contributed by atoms with van der Waals surface area (Å²) in [6.45, 7) is 3.24. The largest absolute Gasteiger partial charge is 0.226 e. The molecule has 0 aliphatic carbocycles. The first-order chi connectivity index (χ1) is 8.00. The summed E-state index contributed by atoms with van der Waals surface area (Å²) in [6, 6.07) is 2.59. The number of hydrogen-bond acceptors (Lipinski definition) is 2. The van der Waals surface area contributed by atoms with Crippen molar-refractivity contribution in [2.45, 2.75) is 13.8 Å². The van der Waals surface area contributed by atoms with Gasteiger partial charge in [0.25, 0.3) is 0 Å². The fraction of sp³-hybridized carbons (Fsp3) is 0.167. The van der Waals surface area contributed by atoms with E-state index in [4.69, 9.17) is 11.6 Å². The van der Waals surface area contributed by atoms with Gasteiger partial charge in [-0.15, -0.1) is 0 Å². The molecule has 1 heterocycles. The summed E-state index contributed by atoms with van der Waals surface area (Å²) in [6.07, 6.45) is 1.44. The molecule has 0 atom stereocenters. The zero-order valence-corrected chi connectivity index (χ0v) is 10.0. The average Bonchev–Trinajstić information content (AvgIpc) is 2.29. The number of hydrogen-bond donors (Lipinski definition) is 0. The predicted molar refractivity (Wildman–Crippen MR) is 61.9 cm³/mol. The molecule has 1 aromatic carbocycles. The zero-order chi connectivity index (χ0) is 12.6. The standard InChI is InChI=1S/C12H9ClF2N2/c1-6-3-4-8(14)9(10(6)15)11-7(2)5-16-12(13)17-11/h3-5H,1-2H3. The Bertz CT molecular complexity index is 585. The highest BCUT2D eigenvalue weighted by Crippen LogP contribution is 2.29. The third kappa shape index (κ3) is 2.13. The smallest absolute Gasteiger partial charge is 0.222 e. The van der Waals surface area contributed by atoms with Gasteiger partial charge in [0.15, 0.2) is 0 Å². The van der Waals surface area contributed by atoms with E-state index in [2.05, 4.69) is 9.97 Å². The molecule has 17 heavy (non-hydrogen) atoms. The minimum Gasteiger partial charge on any atom is -0.226 e. The first-order valence-corrected chi connectivity index (χ1v) is 5.32. The monoisotopic (exact) mass is 254 g/mol. The minimum atomic E-state index is -0.661. The van der Waals surface area contributed by atoms with Crippen molar-refractivity contribution < 1.29 is 8.78 Å². The maximum absolute atomic E-state index is 13.9. The quantitative estimate of drug-likeness (QED) is 0.726. The van der Waals surface area contributed by atoms with Crippen molar-refractivity contribution in [1.29, 1.82) is 0 Å². The molecule has 88 valence electrons. The predicted octanol–water partition coefficient (Wildman–Crippen LogP) is 3.69. The summed E-state index contributed by atoms with van der Waals surface area (Å²) >= 11 is 5.64. The highest BCUT2D eigenvalue weighted by molar-refractivity contribution is 6.28. The molecule has 5 heteroatoms. The maximum atomic E-state index is 13.9. The van der Waals surface area contributed by atoms with Gasteiger partial charge in [0.2, 0.25) is 5.28 Å². The molecule has 0 amide bonds.